The maximum absolute atomic E-state index is 14.0. The van der Waals surface area contributed by atoms with Gasteiger partial charge in [0.25, 0.3) is 5.91 Å². The molecule has 0 unspecified atom stereocenters. The largest absolute Gasteiger partial charge is 0.372 e. The number of imide groups is 1. The summed E-state index contributed by atoms with van der Waals surface area (Å²) in [7, 11) is 0. The second-order valence-electron chi connectivity index (χ2n) is 11.1. The van der Waals surface area contributed by atoms with Crippen LogP contribution in [0.15, 0.2) is 48.5 Å². The van der Waals surface area contributed by atoms with Gasteiger partial charge in [-0.25, -0.2) is 4.79 Å². The first kappa shape index (κ1) is 23.5. The molecule has 4 aliphatic rings. The van der Waals surface area contributed by atoms with Crippen molar-refractivity contribution in [1.82, 2.24) is 14.7 Å². The quantitative estimate of drug-likeness (QED) is 0.566. The predicted molar refractivity (Wildman–Crippen MR) is 142 cm³/mol. The number of piperidine rings is 1. The summed E-state index contributed by atoms with van der Waals surface area (Å²) in [6.45, 7) is 7.65. The number of anilines is 1. The molecule has 6 rings (SSSR count). The SMILES string of the molecule is CCCN1C(=O)N(C2Cc3ccccc3C2)C(=O)C12CCN(Cc1ccc(N3CCCC3)cc1)CC2. The van der Waals surface area contributed by atoms with Crippen molar-refractivity contribution in [3.8, 4) is 0 Å². The van der Waals surface area contributed by atoms with Gasteiger partial charge < -0.3 is 9.80 Å². The van der Waals surface area contributed by atoms with Gasteiger partial charge in [0.1, 0.15) is 5.54 Å². The first-order chi connectivity index (χ1) is 17.6. The molecule has 0 atom stereocenters. The molecule has 36 heavy (non-hydrogen) atoms. The molecule has 3 amide bonds. The summed E-state index contributed by atoms with van der Waals surface area (Å²) in [5.74, 6) is 0.0494. The van der Waals surface area contributed by atoms with E-state index in [1.807, 2.05) is 4.90 Å². The number of amides is 3. The van der Waals surface area contributed by atoms with Gasteiger partial charge in [-0.15, -0.1) is 0 Å². The van der Waals surface area contributed by atoms with Gasteiger partial charge in [-0.2, -0.15) is 0 Å². The first-order valence-electron chi connectivity index (χ1n) is 13.9. The number of nitrogens with zero attached hydrogens (tertiary/aromatic N) is 4. The molecular weight excluding hydrogens is 448 g/mol. The van der Waals surface area contributed by atoms with Gasteiger partial charge in [-0.05, 0) is 73.8 Å². The van der Waals surface area contributed by atoms with Crippen LogP contribution < -0.4 is 4.90 Å². The Morgan fingerprint density at radius 1 is 0.861 bits per heavy atom. The summed E-state index contributed by atoms with van der Waals surface area (Å²) in [6.07, 6.45) is 6.45. The molecule has 0 aromatic heterocycles. The van der Waals surface area contributed by atoms with E-state index in [0.717, 1.165) is 51.7 Å². The number of carbonyl (C=O) groups excluding carboxylic acids is 2. The Hall–Kier alpha value is -2.86. The Balaban J connectivity index is 1.14. The molecule has 2 aromatic rings. The fourth-order valence-electron chi connectivity index (χ4n) is 6.92. The van der Waals surface area contributed by atoms with Gasteiger partial charge in [0.15, 0.2) is 0 Å². The van der Waals surface area contributed by atoms with Gasteiger partial charge in [-0.3, -0.25) is 14.6 Å². The molecule has 0 radical (unpaired) electrons. The Bertz CT molecular complexity index is 1090. The minimum absolute atomic E-state index is 0.0479. The van der Waals surface area contributed by atoms with Crippen LogP contribution in [0.4, 0.5) is 10.5 Å². The molecule has 1 spiro atoms. The molecule has 3 fully saturated rings. The smallest absolute Gasteiger partial charge is 0.327 e. The number of rotatable bonds is 6. The predicted octanol–water partition coefficient (Wildman–Crippen LogP) is 4.46. The van der Waals surface area contributed by atoms with Gasteiger partial charge in [-0.1, -0.05) is 43.3 Å². The van der Waals surface area contributed by atoms with E-state index in [0.29, 0.717) is 6.54 Å². The van der Waals surface area contributed by atoms with E-state index in [2.05, 4.69) is 65.3 Å². The van der Waals surface area contributed by atoms with Crippen molar-refractivity contribution in [2.45, 2.75) is 70.0 Å². The fraction of sp³-hybridized carbons (Fsp3) is 0.533. The van der Waals surface area contributed by atoms with Crippen molar-refractivity contribution in [3.05, 3.63) is 65.2 Å². The Morgan fingerprint density at radius 2 is 1.50 bits per heavy atom. The van der Waals surface area contributed by atoms with E-state index in [-0.39, 0.29) is 18.0 Å². The lowest BCUT2D eigenvalue weighted by atomic mass is 9.85. The minimum atomic E-state index is -0.669. The van der Waals surface area contributed by atoms with Gasteiger partial charge in [0, 0.05) is 51.0 Å². The van der Waals surface area contributed by atoms with Gasteiger partial charge in [0.05, 0.1) is 0 Å². The zero-order chi connectivity index (χ0) is 24.7. The Morgan fingerprint density at radius 3 is 2.11 bits per heavy atom. The molecule has 3 aliphatic heterocycles. The highest BCUT2D eigenvalue weighted by molar-refractivity contribution is 6.07. The molecule has 6 nitrogen and oxygen atoms in total. The molecule has 3 saturated heterocycles. The molecule has 190 valence electrons. The standard InChI is InChI=1S/C30H38N4O2/c1-2-15-33-29(36)34(27-20-24-7-3-4-8-25(24)21-27)28(35)30(33)13-18-31(19-14-30)22-23-9-11-26(12-10-23)32-16-5-6-17-32/h3-4,7-12,27H,2,5-6,13-22H2,1H3. The summed E-state index contributed by atoms with van der Waals surface area (Å²) in [6, 6.07) is 17.3. The highest BCUT2D eigenvalue weighted by atomic mass is 16.2. The zero-order valence-electron chi connectivity index (χ0n) is 21.5. The second kappa shape index (κ2) is 9.55. The van der Waals surface area contributed by atoms with E-state index in [4.69, 9.17) is 0 Å². The summed E-state index contributed by atoms with van der Waals surface area (Å²) < 4.78 is 0. The van der Waals surface area contributed by atoms with Crippen molar-refractivity contribution >= 4 is 17.6 Å². The average molecular weight is 487 g/mol. The van der Waals surface area contributed by atoms with Crippen molar-refractivity contribution in [2.75, 3.05) is 37.6 Å². The number of benzene rings is 2. The molecule has 0 saturated carbocycles. The van der Waals surface area contributed by atoms with Crippen molar-refractivity contribution < 1.29 is 9.59 Å². The van der Waals surface area contributed by atoms with Crippen molar-refractivity contribution in [3.63, 3.8) is 0 Å². The van der Waals surface area contributed by atoms with Crippen LogP contribution in [-0.4, -0.2) is 70.9 Å². The lowest BCUT2D eigenvalue weighted by molar-refractivity contribution is -0.137. The number of fused-ring (bicyclic) bond motifs is 1. The number of hydrogen-bond acceptors (Lipinski definition) is 4. The van der Waals surface area contributed by atoms with Crippen LogP contribution in [0.2, 0.25) is 0 Å². The van der Waals surface area contributed by atoms with E-state index in [9.17, 15) is 9.59 Å². The summed E-state index contributed by atoms with van der Waals surface area (Å²) >= 11 is 0. The summed E-state index contributed by atoms with van der Waals surface area (Å²) in [5.41, 5.74) is 4.53. The molecular formula is C30H38N4O2. The normalized spacial score (nSPS) is 22.3. The van der Waals surface area contributed by atoms with Crippen molar-refractivity contribution in [1.29, 1.82) is 0 Å². The molecule has 2 aromatic carbocycles. The van der Waals surface area contributed by atoms with Crippen LogP contribution in [-0.2, 0) is 24.2 Å². The third-order valence-electron chi connectivity index (χ3n) is 8.91. The van der Waals surface area contributed by atoms with E-state index >= 15 is 0 Å². The summed E-state index contributed by atoms with van der Waals surface area (Å²) in [4.78, 5) is 36.1. The molecule has 0 N–H and O–H groups in total. The van der Waals surface area contributed by atoms with Crippen molar-refractivity contribution in [2.24, 2.45) is 0 Å². The molecule has 6 heteroatoms. The Labute approximate surface area is 214 Å². The third-order valence-corrected chi connectivity index (χ3v) is 8.91. The minimum Gasteiger partial charge on any atom is -0.372 e. The molecule has 0 bridgehead atoms. The van der Waals surface area contributed by atoms with E-state index in [1.165, 1.54) is 48.3 Å². The highest BCUT2D eigenvalue weighted by Crippen LogP contribution is 2.40. The maximum Gasteiger partial charge on any atom is 0.327 e. The third kappa shape index (κ3) is 4.00. The fourth-order valence-corrected chi connectivity index (χ4v) is 6.92. The molecule has 3 heterocycles. The van der Waals surface area contributed by atoms with Crippen LogP contribution >= 0.6 is 0 Å². The Kier molecular flexibility index (Phi) is 6.24. The van der Waals surface area contributed by atoms with E-state index < -0.39 is 5.54 Å². The monoisotopic (exact) mass is 486 g/mol. The van der Waals surface area contributed by atoms with Gasteiger partial charge in [0.2, 0.25) is 0 Å². The summed E-state index contributed by atoms with van der Waals surface area (Å²) in [5, 5.41) is 0. The van der Waals surface area contributed by atoms with Gasteiger partial charge >= 0.3 is 6.03 Å². The maximum atomic E-state index is 14.0. The van der Waals surface area contributed by atoms with E-state index in [1.54, 1.807) is 4.90 Å². The van der Waals surface area contributed by atoms with Crippen LogP contribution in [0.5, 0.6) is 0 Å². The average Bonchev–Trinajstić information content (AvgIpc) is 3.62. The first-order valence-corrected chi connectivity index (χ1v) is 13.9. The number of urea groups is 1. The van der Waals surface area contributed by atoms with Crippen LogP contribution in [0.25, 0.3) is 0 Å². The number of carbonyl (C=O) groups is 2. The number of likely N-dealkylation sites (tertiary alicyclic amines) is 1. The van der Waals surface area contributed by atoms with Crippen LogP contribution in [0.3, 0.4) is 0 Å². The molecule has 1 aliphatic carbocycles. The highest BCUT2D eigenvalue weighted by Gasteiger charge is 2.59. The topological polar surface area (TPSA) is 47.1 Å². The second-order valence-corrected chi connectivity index (χ2v) is 11.1. The lowest BCUT2D eigenvalue weighted by Gasteiger charge is -2.42. The number of hydrogen-bond donors (Lipinski definition) is 0. The van der Waals surface area contributed by atoms with Crippen LogP contribution in [0.1, 0.15) is 55.7 Å². The van der Waals surface area contributed by atoms with Crippen LogP contribution in [0, 0.1) is 0 Å². The zero-order valence-corrected chi connectivity index (χ0v) is 21.5. The lowest BCUT2D eigenvalue weighted by Crippen LogP contribution is -2.56.